The van der Waals surface area contributed by atoms with Gasteiger partial charge in [0.2, 0.25) is 0 Å². The standard InChI is InChI=1S/C11H19N3S/c1-14-4-2-10(3-5-14)6-12-7-11-8-15-9-13-11/h8-10,12H,2-7H2,1H3. The highest BCUT2D eigenvalue weighted by atomic mass is 32.1. The Balaban J connectivity index is 1.62. The topological polar surface area (TPSA) is 28.2 Å². The summed E-state index contributed by atoms with van der Waals surface area (Å²) >= 11 is 1.67. The van der Waals surface area contributed by atoms with Crippen LogP contribution in [0.4, 0.5) is 0 Å². The molecule has 1 aromatic heterocycles. The first-order chi connectivity index (χ1) is 7.34. The van der Waals surface area contributed by atoms with Crippen molar-refractivity contribution in [1.29, 1.82) is 0 Å². The minimum absolute atomic E-state index is 0.861. The number of rotatable bonds is 4. The maximum absolute atomic E-state index is 4.26. The largest absolute Gasteiger partial charge is 0.311 e. The third-order valence-corrected chi connectivity index (χ3v) is 3.70. The van der Waals surface area contributed by atoms with Gasteiger partial charge in [-0.05, 0) is 45.4 Å². The molecule has 1 aromatic rings. The van der Waals surface area contributed by atoms with Crippen LogP contribution in [0, 0.1) is 5.92 Å². The molecular weight excluding hydrogens is 206 g/mol. The molecule has 1 fully saturated rings. The van der Waals surface area contributed by atoms with Crippen LogP contribution in [0.5, 0.6) is 0 Å². The summed E-state index contributed by atoms with van der Waals surface area (Å²) in [6, 6.07) is 0. The van der Waals surface area contributed by atoms with Crippen LogP contribution in [0.15, 0.2) is 10.9 Å². The van der Waals surface area contributed by atoms with Crippen LogP contribution in [-0.4, -0.2) is 36.6 Å². The van der Waals surface area contributed by atoms with Crippen LogP contribution in [0.25, 0.3) is 0 Å². The van der Waals surface area contributed by atoms with Crippen molar-refractivity contribution in [2.75, 3.05) is 26.7 Å². The Labute approximate surface area is 95.5 Å². The quantitative estimate of drug-likeness (QED) is 0.843. The van der Waals surface area contributed by atoms with Crippen LogP contribution < -0.4 is 5.32 Å². The lowest BCUT2D eigenvalue weighted by atomic mass is 9.97. The molecular formula is C11H19N3S. The van der Waals surface area contributed by atoms with Gasteiger partial charge >= 0.3 is 0 Å². The molecule has 1 saturated heterocycles. The zero-order valence-corrected chi connectivity index (χ0v) is 10.1. The highest BCUT2D eigenvalue weighted by Crippen LogP contribution is 2.14. The molecule has 1 N–H and O–H groups in total. The second-order valence-electron chi connectivity index (χ2n) is 4.36. The molecule has 2 rings (SSSR count). The van der Waals surface area contributed by atoms with E-state index in [1.54, 1.807) is 11.3 Å². The Kier molecular flexibility index (Phi) is 4.11. The molecule has 2 heterocycles. The first-order valence-corrected chi connectivity index (χ1v) is 6.55. The predicted molar refractivity (Wildman–Crippen MR) is 64.0 cm³/mol. The third-order valence-electron chi connectivity index (χ3n) is 3.06. The second kappa shape index (κ2) is 5.58. The van der Waals surface area contributed by atoms with Gasteiger partial charge in [-0.2, -0.15) is 0 Å². The Morgan fingerprint density at radius 2 is 2.33 bits per heavy atom. The minimum Gasteiger partial charge on any atom is -0.311 e. The van der Waals surface area contributed by atoms with Gasteiger partial charge in [0.15, 0.2) is 0 Å². The average Bonchev–Trinajstić information content (AvgIpc) is 2.74. The maximum Gasteiger partial charge on any atom is 0.0795 e. The number of piperidine rings is 1. The fraction of sp³-hybridized carbons (Fsp3) is 0.727. The zero-order valence-electron chi connectivity index (χ0n) is 9.28. The van der Waals surface area contributed by atoms with Crippen molar-refractivity contribution >= 4 is 11.3 Å². The van der Waals surface area contributed by atoms with Gasteiger partial charge in [-0.15, -0.1) is 11.3 Å². The summed E-state index contributed by atoms with van der Waals surface area (Å²) in [5.74, 6) is 0.861. The van der Waals surface area contributed by atoms with E-state index in [0.29, 0.717) is 0 Å². The van der Waals surface area contributed by atoms with E-state index in [-0.39, 0.29) is 0 Å². The summed E-state index contributed by atoms with van der Waals surface area (Å²) in [7, 11) is 2.21. The Morgan fingerprint density at radius 1 is 1.53 bits per heavy atom. The minimum atomic E-state index is 0.861. The number of nitrogens with one attached hydrogen (secondary N) is 1. The third kappa shape index (κ3) is 3.55. The predicted octanol–water partition coefficient (Wildman–Crippen LogP) is 1.57. The normalized spacial score (nSPS) is 19.5. The molecule has 0 radical (unpaired) electrons. The first kappa shape index (κ1) is 11.0. The van der Waals surface area contributed by atoms with Gasteiger partial charge < -0.3 is 10.2 Å². The van der Waals surface area contributed by atoms with Crippen molar-refractivity contribution in [3.8, 4) is 0 Å². The second-order valence-corrected chi connectivity index (χ2v) is 5.08. The highest BCUT2D eigenvalue weighted by molar-refractivity contribution is 7.07. The van der Waals surface area contributed by atoms with E-state index in [4.69, 9.17) is 0 Å². The van der Waals surface area contributed by atoms with Gasteiger partial charge in [0.05, 0.1) is 11.2 Å². The number of aromatic nitrogens is 1. The van der Waals surface area contributed by atoms with Gasteiger partial charge in [0, 0.05) is 11.9 Å². The Morgan fingerprint density at radius 3 is 3.00 bits per heavy atom. The summed E-state index contributed by atoms with van der Waals surface area (Å²) in [6.45, 7) is 4.58. The van der Waals surface area contributed by atoms with Gasteiger partial charge in [0.1, 0.15) is 0 Å². The summed E-state index contributed by atoms with van der Waals surface area (Å²) in [6.07, 6.45) is 2.67. The molecule has 1 aliphatic rings. The zero-order chi connectivity index (χ0) is 10.5. The van der Waals surface area contributed by atoms with E-state index in [1.807, 2.05) is 5.51 Å². The van der Waals surface area contributed by atoms with Gasteiger partial charge in [-0.25, -0.2) is 4.98 Å². The van der Waals surface area contributed by atoms with Crippen LogP contribution in [-0.2, 0) is 6.54 Å². The van der Waals surface area contributed by atoms with Crippen LogP contribution in [0.3, 0.4) is 0 Å². The van der Waals surface area contributed by atoms with Gasteiger partial charge in [0.25, 0.3) is 0 Å². The average molecular weight is 225 g/mol. The number of likely N-dealkylation sites (tertiary alicyclic amines) is 1. The Bertz CT molecular complexity index is 265. The number of thiazole rings is 1. The van der Waals surface area contributed by atoms with Crippen molar-refractivity contribution < 1.29 is 0 Å². The molecule has 1 aliphatic heterocycles. The fourth-order valence-electron chi connectivity index (χ4n) is 2.00. The number of hydrogen-bond donors (Lipinski definition) is 1. The molecule has 0 spiro atoms. The smallest absolute Gasteiger partial charge is 0.0795 e. The van der Waals surface area contributed by atoms with Crippen molar-refractivity contribution in [2.45, 2.75) is 19.4 Å². The lowest BCUT2D eigenvalue weighted by Crippen LogP contribution is -2.34. The molecule has 0 saturated carbocycles. The van der Waals surface area contributed by atoms with Crippen molar-refractivity contribution in [1.82, 2.24) is 15.2 Å². The highest BCUT2D eigenvalue weighted by Gasteiger charge is 2.15. The molecule has 0 aliphatic carbocycles. The summed E-state index contributed by atoms with van der Waals surface area (Å²) in [5.41, 5.74) is 3.07. The van der Waals surface area contributed by atoms with Crippen molar-refractivity contribution in [3.05, 3.63) is 16.6 Å². The summed E-state index contributed by atoms with van der Waals surface area (Å²) < 4.78 is 0. The molecule has 0 bridgehead atoms. The maximum atomic E-state index is 4.26. The molecule has 0 amide bonds. The summed E-state index contributed by atoms with van der Waals surface area (Å²) in [4.78, 5) is 6.67. The van der Waals surface area contributed by atoms with E-state index < -0.39 is 0 Å². The first-order valence-electron chi connectivity index (χ1n) is 5.61. The van der Waals surface area contributed by atoms with E-state index >= 15 is 0 Å². The molecule has 0 atom stereocenters. The Hall–Kier alpha value is -0.450. The van der Waals surface area contributed by atoms with Crippen LogP contribution >= 0.6 is 11.3 Å². The molecule has 0 unspecified atom stereocenters. The number of hydrogen-bond acceptors (Lipinski definition) is 4. The molecule has 84 valence electrons. The molecule has 0 aromatic carbocycles. The molecule has 3 nitrogen and oxygen atoms in total. The van der Waals surface area contributed by atoms with E-state index in [0.717, 1.165) is 19.0 Å². The van der Waals surface area contributed by atoms with E-state index in [9.17, 15) is 0 Å². The molecule has 4 heteroatoms. The SMILES string of the molecule is CN1CCC(CNCc2cscn2)CC1. The number of nitrogens with zero attached hydrogens (tertiary/aromatic N) is 2. The van der Waals surface area contributed by atoms with E-state index in [2.05, 4.69) is 27.6 Å². The molecule has 15 heavy (non-hydrogen) atoms. The fourth-order valence-corrected chi connectivity index (χ4v) is 2.55. The van der Waals surface area contributed by atoms with Gasteiger partial charge in [-0.3, -0.25) is 0 Å². The van der Waals surface area contributed by atoms with E-state index in [1.165, 1.54) is 31.6 Å². The lowest BCUT2D eigenvalue weighted by molar-refractivity contribution is 0.216. The lowest BCUT2D eigenvalue weighted by Gasteiger charge is -2.28. The van der Waals surface area contributed by atoms with Crippen LogP contribution in [0.1, 0.15) is 18.5 Å². The summed E-state index contributed by atoms with van der Waals surface area (Å²) in [5, 5.41) is 5.61. The van der Waals surface area contributed by atoms with Crippen molar-refractivity contribution in [3.63, 3.8) is 0 Å². The van der Waals surface area contributed by atoms with Crippen molar-refractivity contribution in [2.24, 2.45) is 5.92 Å². The van der Waals surface area contributed by atoms with Gasteiger partial charge in [-0.1, -0.05) is 0 Å². The van der Waals surface area contributed by atoms with Crippen LogP contribution in [0.2, 0.25) is 0 Å². The monoisotopic (exact) mass is 225 g/mol.